The molecule has 5 heteroatoms. The van der Waals surface area contributed by atoms with Crippen molar-refractivity contribution in [2.24, 2.45) is 0 Å². The highest BCUT2D eigenvalue weighted by Gasteiger charge is 2.37. The lowest BCUT2D eigenvalue weighted by atomic mass is 9.63. The van der Waals surface area contributed by atoms with Gasteiger partial charge in [0.1, 0.15) is 17.3 Å². The van der Waals surface area contributed by atoms with Gasteiger partial charge in [0.15, 0.2) is 0 Å². The van der Waals surface area contributed by atoms with Crippen LogP contribution >= 0.6 is 0 Å². The highest BCUT2D eigenvalue weighted by atomic mass is 16.5. The highest BCUT2D eigenvalue weighted by molar-refractivity contribution is 6.10. The van der Waals surface area contributed by atoms with E-state index in [-0.39, 0.29) is 56.3 Å². The largest absolute Gasteiger partial charge is 0.458 e. The van der Waals surface area contributed by atoms with Gasteiger partial charge in [-0.3, -0.25) is 13.7 Å². The van der Waals surface area contributed by atoms with E-state index in [1.807, 2.05) is 91.1 Å². The molecular formula is C66H58N4O. The quantitative estimate of drug-likeness (QED) is 0.112. The number of hydrogen-bond donors (Lipinski definition) is 0. The Morgan fingerprint density at radius 2 is 1.28 bits per heavy atom. The van der Waals surface area contributed by atoms with Crippen molar-refractivity contribution >= 4 is 32.8 Å². The van der Waals surface area contributed by atoms with Crippen LogP contribution in [-0.2, 0) is 16.2 Å². The lowest BCUT2D eigenvalue weighted by Crippen LogP contribution is -2.33. The molecule has 0 atom stereocenters. The van der Waals surface area contributed by atoms with Gasteiger partial charge in [0.2, 0.25) is 0 Å². The fourth-order valence-corrected chi connectivity index (χ4v) is 10.1. The minimum Gasteiger partial charge on any atom is -0.458 e. The Balaban J connectivity index is 1.02. The minimum absolute atomic E-state index is 0.0432. The van der Waals surface area contributed by atoms with E-state index in [0.717, 1.165) is 51.3 Å². The molecule has 3 aromatic heterocycles. The Labute approximate surface area is 435 Å². The number of benzene rings is 8. The number of hydrogen-bond acceptors (Lipinski definition) is 2. The average molecular weight is 936 g/mol. The van der Waals surface area contributed by atoms with E-state index in [9.17, 15) is 4.11 Å². The topological polar surface area (TPSA) is 35.9 Å². The fraction of sp³-hybridized carbons (Fsp3) is 0.182. The third-order valence-corrected chi connectivity index (χ3v) is 14.1. The minimum atomic E-state index is -0.582. The number of imidazole rings is 1. The average Bonchev–Trinajstić information content (AvgIpc) is 1.37. The van der Waals surface area contributed by atoms with E-state index in [0.29, 0.717) is 51.2 Å². The summed E-state index contributed by atoms with van der Waals surface area (Å²) < 4.78 is 128. The smallest absolute Gasteiger partial charge is 0.269 e. The lowest BCUT2D eigenvalue weighted by Gasteiger charge is -2.42. The Hall–Kier alpha value is -8.02. The van der Waals surface area contributed by atoms with Gasteiger partial charge >= 0.3 is 0 Å². The second kappa shape index (κ2) is 16.8. The van der Waals surface area contributed by atoms with Crippen LogP contribution in [0.25, 0.3) is 83.4 Å². The zero-order chi connectivity index (χ0) is 60.0. The molecule has 71 heavy (non-hydrogen) atoms. The van der Waals surface area contributed by atoms with E-state index >= 15 is 0 Å². The molecule has 3 heterocycles. The van der Waals surface area contributed by atoms with E-state index in [4.69, 9.17) is 23.4 Å². The molecule has 5 nitrogen and oxygen atoms in total. The zero-order valence-electron chi connectivity index (χ0n) is 53.7. The molecule has 8 aromatic carbocycles. The van der Waals surface area contributed by atoms with Crippen LogP contribution in [0.1, 0.15) is 95.8 Å². The molecule has 11 aromatic rings. The Bertz CT molecular complexity index is 4480. The first-order chi connectivity index (χ1) is 39.7. The first kappa shape index (κ1) is 32.0. The first-order valence-electron chi connectivity index (χ1n) is 30.4. The number of para-hydroxylation sites is 3. The van der Waals surface area contributed by atoms with Crippen molar-refractivity contribution in [1.29, 1.82) is 0 Å². The monoisotopic (exact) mass is 936 g/mol. The molecule has 348 valence electrons. The van der Waals surface area contributed by atoms with Crippen LogP contribution in [-0.4, -0.2) is 14.1 Å². The number of pyridine rings is 1. The summed E-state index contributed by atoms with van der Waals surface area (Å²) in [5, 5.41) is 1.75. The summed E-state index contributed by atoms with van der Waals surface area (Å²) in [6.45, 7) is 15.0. The molecule has 0 N–H and O–H groups in total. The standard InChI is InChI=1S/C66H58N4O/c1-64(2,3)48-34-37-67-62(40-48)70-58-33-29-46(47-28-32-56-57(39-47)66(6,7)36-35-65(56,4)5)38-55(58)54-31-30-51(42-61(54)70)71-50-23-16-22-49(41-50)68-43-69(60-27-15-14-26-59(60)68)63-52(44-18-10-8-11-19-44)24-17-25-53(63)45-20-12-9-13-21-45/h8-34,37-42H,35-36H2,1-7H3/i8D,9D,10D,11D,12D,13D,18D,19D,20D,21D,28D,32D,39D. The predicted molar refractivity (Wildman–Crippen MR) is 293 cm³/mol. The van der Waals surface area contributed by atoms with Crippen LogP contribution in [0, 0.1) is 6.33 Å². The summed E-state index contributed by atoms with van der Waals surface area (Å²) in [6, 6.07) is 30.5. The Morgan fingerprint density at radius 3 is 2.01 bits per heavy atom. The van der Waals surface area contributed by atoms with Gasteiger partial charge in [-0.05, 0) is 134 Å². The lowest BCUT2D eigenvalue weighted by molar-refractivity contribution is -0.571. The summed E-state index contributed by atoms with van der Waals surface area (Å²) in [5.74, 6) is 1.65. The predicted octanol–water partition coefficient (Wildman–Crippen LogP) is 16.6. The SMILES string of the molecule is [2H]c1c([2H])c([2H])c(-c2cccc(-c3c([2H])c([2H])c([2H])c([2H])c3[2H])c2-[n+]2[c-]n(-c3cccc(Oc4ccc5c6cc(-c7c([2H])c([2H])c8c(c7[2H])C(C)(C)CCC8(C)C)ccc6n(-c6cc(C(C)(C)C)ccn6)c5c4)c3)c3ccccc32)c([2H])c1[2H]. The second-order valence-electron chi connectivity index (χ2n) is 20.7. The number of rotatable bonds is 8. The molecule has 1 aliphatic rings. The van der Waals surface area contributed by atoms with Gasteiger partial charge in [0.25, 0.3) is 6.33 Å². The molecule has 0 saturated heterocycles. The van der Waals surface area contributed by atoms with Gasteiger partial charge in [-0.1, -0.05) is 182 Å². The third-order valence-electron chi connectivity index (χ3n) is 14.1. The summed E-state index contributed by atoms with van der Waals surface area (Å²) in [4.78, 5) is 4.93. The van der Waals surface area contributed by atoms with E-state index in [1.165, 1.54) is 0 Å². The molecule has 0 bridgehead atoms. The maximum atomic E-state index is 9.76. The first-order valence-corrected chi connectivity index (χ1v) is 23.9. The molecule has 0 saturated carbocycles. The Kier molecular flexibility index (Phi) is 7.59. The van der Waals surface area contributed by atoms with Crippen LogP contribution in [0.2, 0.25) is 0 Å². The van der Waals surface area contributed by atoms with Gasteiger partial charge in [-0.25, -0.2) is 4.98 Å². The van der Waals surface area contributed by atoms with Crippen molar-refractivity contribution in [3.63, 3.8) is 0 Å². The van der Waals surface area contributed by atoms with Gasteiger partial charge in [0.05, 0.1) is 51.3 Å². The zero-order valence-corrected chi connectivity index (χ0v) is 40.7. The van der Waals surface area contributed by atoms with E-state index in [2.05, 4.69) is 65.4 Å². The van der Waals surface area contributed by atoms with E-state index < -0.39 is 60.4 Å². The number of nitrogens with zero attached hydrogens (tertiary/aromatic N) is 4. The summed E-state index contributed by atoms with van der Waals surface area (Å²) in [6.07, 6.45) is 6.99. The van der Waals surface area contributed by atoms with Crippen LogP contribution in [0.3, 0.4) is 0 Å². The fourth-order valence-electron chi connectivity index (χ4n) is 10.1. The molecule has 0 spiro atoms. The second-order valence-corrected chi connectivity index (χ2v) is 20.7. The Morgan fingerprint density at radius 1 is 0.592 bits per heavy atom. The van der Waals surface area contributed by atoms with Crippen LogP contribution in [0.4, 0.5) is 0 Å². The number of ether oxygens (including phenoxy) is 1. The molecule has 0 unspecified atom stereocenters. The molecular weight excluding hydrogens is 865 g/mol. The van der Waals surface area contributed by atoms with Crippen LogP contribution < -0.4 is 9.30 Å². The van der Waals surface area contributed by atoms with Gasteiger partial charge in [-0.2, -0.15) is 0 Å². The summed E-state index contributed by atoms with van der Waals surface area (Å²) >= 11 is 0. The van der Waals surface area contributed by atoms with Gasteiger partial charge in [-0.15, -0.1) is 0 Å². The molecule has 0 aliphatic heterocycles. The van der Waals surface area contributed by atoms with Crippen molar-refractivity contribution in [3.05, 3.63) is 223 Å². The van der Waals surface area contributed by atoms with Crippen molar-refractivity contribution in [1.82, 2.24) is 14.1 Å². The molecule has 1 aliphatic carbocycles. The molecule has 0 fully saturated rings. The maximum Gasteiger partial charge on any atom is 0.269 e. The third kappa shape index (κ3) is 7.81. The van der Waals surface area contributed by atoms with Crippen LogP contribution in [0.15, 0.2) is 200 Å². The van der Waals surface area contributed by atoms with Crippen LogP contribution in [0.5, 0.6) is 11.5 Å². The summed E-state index contributed by atoms with van der Waals surface area (Å²) in [5.41, 5.74) is 6.44. The van der Waals surface area contributed by atoms with Gasteiger partial charge in [0, 0.05) is 23.0 Å². The van der Waals surface area contributed by atoms with Crippen molar-refractivity contribution in [2.45, 2.75) is 77.6 Å². The summed E-state index contributed by atoms with van der Waals surface area (Å²) in [7, 11) is 0. The molecule has 0 amide bonds. The van der Waals surface area contributed by atoms with E-state index in [1.54, 1.807) is 33.4 Å². The number of fused-ring (bicyclic) bond motifs is 5. The molecule has 12 rings (SSSR count). The number of aromatic nitrogens is 4. The van der Waals surface area contributed by atoms with Crippen molar-refractivity contribution in [3.8, 4) is 62.1 Å². The highest BCUT2D eigenvalue weighted by Crippen LogP contribution is 2.47. The molecule has 0 radical (unpaired) electrons. The maximum absolute atomic E-state index is 9.76. The normalized spacial score (nSPS) is 16.8. The van der Waals surface area contributed by atoms with Gasteiger partial charge < -0.3 is 4.74 Å². The van der Waals surface area contributed by atoms with Crippen molar-refractivity contribution in [2.75, 3.05) is 0 Å². The van der Waals surface area contributed by atoms with Crippen molar-refractivity contribution < 1.29 is 27.1 Å².